The molecule has 1 heterocycles. The van der Waals surface area contributed by atoms with Crippen molar-refractivity contribution in [1.82, 2.24) is 14.7 Å². The van der Waals surface area contributed by atoms with E-state index >= 15 is 0 Å². The number of hydrogen-bond donors (Lipinski definition) is 0. The highest BCUT2D eigenvalue weighted by molar-refractivity contribution is 8.00. The van der Waals surface area contributed by atoms with Crippen molar-refractivity contribution in [3.8, 4) is 6.07 Å². The second-order valence-corrected chi connectivity index (χ2v) is 7.54. The summed E-state index contributed by atoms with van der Waals surface area (Å²) in [5.74, 6) is 0.352. The number of rotatable bonds is 8. The van der Waals surface area contributed by atoms with Crippen LogP contribution in [0.4, 0.5) is 4.39 Å². The van der Waals surface area contributed by atoms with Gasteiger partial charge in [0.25, 0.3) is 0 Å². The summed E-state index contributed by atoms with van der Waals surface area (Å²) in [5.41, 5.74) is 0.758. The fourth-order valence-electron chi connectivity index (χ4n) is 3.23. The maximum absolute atomic E-state index is 13.1. The van der Waals surface area contributed by atoms with Crippen molar-refractivity contribution in [2.45, 2.75) is 19.9 Å². The van der Waals surface area contributed by atoms with E-state index in [0.29, 0.717) is 45.0 Å². The standard InChI is InChI=1S/C20H27FN4O2S/c1-3-23(4-2)19(26)14-28-15-20(27)25-11-9-24(10-12-25)18(13-22)16-5-7-17(21)8-6-16/h5-8,18H,3-4,9-12,14-15H2,1-2H3. The maximum atomic E-state index is 13.1. The minimum absolute atomic E-state index is 0.0206. The van der Waals surface area contributed by atoms with Crippen LogP contribution in [0.2, 0.25) is 0 Å². The fourth-order valence-corrected chi connectivity index (χ4v) is 4.04. The van der Waals surface area contributed by atoms with Gasteiger partial charge in [-0.2, -0.15) is 5.26 Å². The van der Waals surface area contributed by atoms with Gasteiger partial charge in [-0.1, -0.05) is 12.1 Å². The van der Waals surface area contributed by atoms with Crippen LogP contribution in [0.25, 0.3) is 0 Å². The molecule has 1 aromatic carbocycles. The van der Waals surface area contributed by atoms with E-state index < -0.39 is 6.04 Å². The minimum Gasteiger partial charge on any atom is -0.343 e. The molecule has 0 aliphatic carbocycles. The quantitative estimate of drug-likeness (QED) is 0.662. The highest BCUT2D eigenvalue weighted by atomic mass is 32.2. The van der Waals surface area contributed by atoms with Crippen molar-refractivity contribution in [2.75, 3.05) is 50.8 Å². The molecule has 6 nitrogen and oxygen atoms in total. The third-order valence-electron chi connectivity index (χ3n) is 4.91. The highest BCUT2D eigenvalue weighted by Crippen LogP contribution is 2.22. The van der Waals surface area contributed by atoms with Gasteiger partial charge >= 0.3 is 0 Å². The van der Waals surface area contributed by atoms with Gasteiger partial charge in [-0.3, -0.25) is 14.5 Å². The molecule has 1 atom stereocenters. The van der Waals surface area contributed by atoms with Crippen LogP contribution in [0.5, 0.6) is 0 Å². The lowest BCUT2D eigenvalue weighted by Gasteiger charge is -2.37. The van der Waals surface area contributed by atoms with Crippen molar-refractivity contribution in [1.29, 1.82) is 5.26 Å². The molecule has 152 valence electrons. The molecule has 0 bridgehead atoms. The Morgan fingerprint density at radius 2 is 1.75 bits per heavy atom. The van der Waals surface area contributed by atoms with Crippen molar-refractivity contribution in [3.05, 3.63) is 35.6 Å². The Hall–Kier alpha value is -2.11. The summed E-state index contributed by atoms with van der Waals surface area (Å²) in [6.07, 6.45) is 0. The van der Waals surface area contributed by atoms with Gasteiger partial charge in [0.05, 0.1) is 17.6 Å². The normalized spacial score (nSPS) is 15.7. The van der Waals surface area contributed by atoms with E-state index in [9.17, 15) is 19.2 Å². The van der Waals surface area contributed by atoms with Crippen molar-refractivity contribution >= 4 is 23.6 Å². The van der Waals surface area contributed by atoms with Gasteiger partial charge in [0, 0.05) is 39.3 Å². The Morgan fingerprint density at radius 1 is 1.14 bits per heavy atom. The first kappa shape index (κ1) is 22.2. The molecule has 1 fully saturated rings. The smallest absolute Gasteiger partial charge is 0.232 e. The molecule has 1 saturated heterocycles. The first-order chi connectivity index (χ1) is 13.5. The number of carbonyl (C=O) groups is 2. The van der Waals surface area contributed by atoms with Crippen LogP contribution in [-0.2, 0) is 9.59 Å². The Bertz CT molecular complexity index is 695. The van der Waals surface area contributed by atoms with E-state index in [1.54, 1.807) is 21.9 Å². The van der Waals surface area contributed by atoms with Gasteiger partial charge in [0.15, 0.2) is 0 Å². The SMILES string of the molecule is CCN(CC)C(=O)CSCC(=O)N1CCN(C(C#N)c2ccc(F)cc2)CC1. The third kappa shape index (κ3) is 5.94. The van der Waals surface area contributed by atoms with Crippen LogP contribution in [0.15, 0.2) is 24.3 Å². The molecule has 8 heteroatoms. The largest absolute Gasteiger partial charge is 0.343 e. The van der Waals surface area contributed by atoms with Crippen molar-refractivity contribution in [3.63, 3.8) is 0 Å². The molecule has 1 aliphatic heterocycles. The number of piperazine rings is 1. The Labute approximate surface area is 170 Å². The van der Waals surface area contributed by atoms with Gasteiger partial charge in [0.2, 0.25) is 11.8 Å². The Morgan fingerprint density at radius 3 is 2.29 bits per heavy atom. The molecule has 0 saturated carbocycles. The summed E-state index contributed by atoms with van der Waals surface area (Å²) in [4.78, 5) is 29.9. The predicted octanol–water partition coefficient (Wildman–Crippen LogP) is 2.14. The maximum Gasteiger partial charge on any atom is 0.232 e. The van der Waals surface area contributed by atoms with Gasteiger partial charge in [-0.15, -0.1) is 11.8 Å². The topological polar surface area (TPSA) is 67.7 Å². The molecule has 1 aliphatic rings. The second-order valence-electron chi connectivity index (χ2n) is 6.56. The number of carbonyl (C=O) groups excluding carboxylic acids is 2. The summed E-state index contributed by atoms with van der Waals surface area (Å²) in [5, 5.41) is 9.52. The molecule has 2 rings (SSSR count). The predicted molar refractivity (Wildman–Crippen MR) is 108 cm³/mol. The van der Waals surface area contributed by atoms with Crippen LogP contribution >= 0.6 is 11.8 Å². The van der Waals surface area contributed by atoms with Crippen molar-refractivity contribution in [2.24, 2.45) is 0 Å². The number of amides is 2. The molecule has 1 aromatic rings. The van der Waals surface area contributed by atoms with Gasteiger partial charge in [-0.25, -0.2) is 4.39 Å². The van der Waals surface area contributed by atoms with Crippen LogP contribution in [0.1, 0.15) is 25.5 Å². The van der Waals surface area contributed by atoms with Gasteiger partial charge in [0.1, 0.15) is 11.9 Å². The van der Waals surface area contributed by atoms with Crippen LogP contribution in [0, 0.1) is 17.1 Å². The molecule has 1 unspecified atom stereocenters. The average Bonchev–Trinajstić information content (AvgIpc) is 2.71. The van der Waals surface area contributed by atoms with Crippen LogP contribution < -0.4 is 0 Å². The Balaban J connectivity index is 1.79. The number of halogens is 1. The number of thioether (sulfide) groups is 1. The number of hydrogen-bond acceptors (Lipinski definition) is 5. The molecule has 28 heavy (non-hydrogen) atoms. The lowest BCUT2D eigenvalue weighted by atomic mass is 10.1. The third-order valence-corrected chi connectivity index (χ3v) is 5.81. The second kappa shape index (κ2) is 11.0. The molecule has 0 spiro atoms. The zero-order chi connectivity index (χ0) is 20.5. The summed E-state index contributed by atoms with van der Waals surface area (Å²) >= 11 is 1.35. The highest BCUT2D eigenvalue weighted by Gasteiger charge is 2.27. The van der Waals surface area contributed by atoms with E-state index in [1.807, 2.05) is 18.7 Å². The van der Waals surface area contributed by atoms with Gasteiger partial charge < -0.3 is 9.80 Å². The number of nitrogens with zero attached hydrogens (tertiary/aromatic N) is 4. The summed E-state index contributed by atoms with van der Waals surface area (Å²) in [6, 6.07) is 7.80. The zero-order valence-corrected chi connectivity index (χ0v) is 17.3. The summed E-state index contributed by atoms with van der Waals surface area (Å²) in [6.45, 7) is 7.51. The van der Waals surface area contributed by atoms with Crippen LogP contribution in [-0.4, -0.2) is 77.3 Å². The summed E-state index contributed by atoms with van der Waals surface area (Å²) < 4.78 is 13.1. The Kier molecular flexibility index (Phi) is 8.74. The van der Waals surface area contributed by atoms with E-state index in [0.717, 1.165) is 5.56 Å². The minimum atomic E-state index is -0.445. The first-order valence-corrected chi connectivity index (χ1v) is 10.7. The monoisotopic (exact) mass is 406 g/mol. The molecule has 2 amide bonds. The van der Waals surface area contributed by atoms with Crippen LogP contribution in [0.3, 0.4) is 0 Å². The molecular weight excluding hydrogens is 379 g/mol. The fraction of sp³-hybridized carbons (Fsp3) is 0.550. The van der Waals surface area contributed by atoms with Gasteiger partial charge in [-0.05, 0) is 31.5 Å². The number of benzene rings is 1. The average molecular weight is 407 g/mol. The zero-order valence-electron chi connectivity index (χ0n) is 16.4. The van der Waals surface area contributed by atoms with E-state index in [2.05, 4.69) is 6.07 Å². The molecular formula is C20H27FN4O2S. The first-order valence-electron chi connectivity index (χ1n) is 9.52. The molecule has 0 N–H and O–H groups in total. The molecule has 0 aromatic heterocycles. The van der Waals surface area contributed by atoms with E-state index in [4.69, 9.17) is 0 Å². The lowest BCUT2D eigenvalue weighted by molar-refractivity contribution is -0.130. The van der Waals surface area contributed by atoms with Crippen molar-refractivity contribution < 1.29 is 14.0 Å². The summed E-state index contributed by atoms with van der Waals surface area (Å²) in [7, 11) is 0. The molecule has 0 radical (unpaired) electrons. The van der Waals surface area contributed by atoms with E-state index in [-0.39, 0.29) is 23.4 Å². The number of nitriles is 1. The van der Waals surface area contributed by atoms with E-state index in [1.165, 1.54) is 23.9 Å². The lowest BCUT2D eigenvalue weighted by Crippen LogP contribution is -2.50.